The number of unbranched alkanes of at least 4 members (excludes halogenated alkanes) is 1. The van der Waals surface area contributed by atoms with Gasteiger partial charge in [0.05, 0.1) is 0 Å². The number of nitrogens with two attached hydrogens (primary N) is 1. The quantitative estimate of drug-likeness (QED) is 0.799. The number of hydrogen-bond acceptors (Lipinski definition) is 1. The van der Waals surface area contributed by atoms with E-state index in [1.165, 1.54) is 16.7 Å². The Balaban J connectivity index is 2.99. The molecule has 0 bridgehead atoms. The lowest BCUT2D eigenvalue weighted by atomic mass is 9.84. The third-order valence-corrected chi connectivity index (χ3v) is 3.61. The first-order chi connectivity index (χ1) is 7.86. The van der Waals surface area contributed by atoms with Gasteiger partial charge in [0.15, 0.2) is 0 Å². The molecule has 0 saturated heterocycles. The Hall–Kier alpha value is -0.530. The maximum Gasteiger partial charge on any atom is 0.0440 e. The minimum absolute atomic E-state index is 0.153. The van der Waals surface area contributed by atoms with Gasteiger partial charge in [-0.05, 0) is 60.9 Å². The van der Waals surface area contributed by atoms with Crippen LogP contribution in [0.2, 0.25) is 5.02 Å². The van der Waals surface area contributed by atoms with Gasteiger partial charge in [-0.1, -0.05) is 38.4 Å². The summed E-state index contributed by atoms with van der Waals surface area (Å²) in [6, 6.07) is 4.40. The van der Waals surface area contributed by atoms with E-state index in [1.807, 2.05) is 0 Å². The predicted molar refractivity (Wildman–Crippen MR) is 76.9 cm³/mol. The molecule has 0 atom stereocenters. The van der Waals surface area contributed by atoms with E-state index < -0.39 is 0 Å². The molecule has 0 amide bonds. The summed E-state index contributed by atoms with van der Waals surface area (Å²) in [6.07, 6.45) is 3.30. The van der Waals surface area contributed by atoms with Crippen molar-refractivity contribution in [2.24, 2.45) is 5.73 Å². The number of benzene rings is 1. The summed E-state index contributed by atoms with van der Waals surface area (Å²) in [4.78, 5) is 0. The van der Waals surface area contributed by atoms with Crippen LogP contribution in [0.3, 0.4) is 0 Å². The monoisotopic (exact) mass is 253 g/mol. The second kappa shape index (κ2) is 5.88. The van der Waals surface area contributed by atoms with Crippen LogP contribution in [0, 0.1) is 6.92 Å². The van der Waals surface area contributed by atoms with Gasteiger partial charge < -0.3 is 5.73 Å². The van der Waals surface area contributed by atoms with Crippen LogP contribution in [0.15, 0.2) is 12.1 Å². The summed E-state index contributed by atoms with van der Waals surface area (Å²) < 4.78 is 0. The fourth-order valence-corrected chi connectivity index (χ4v) is 2.13. The molecule has 0 radical (unpaired) electrons. The molecule has 2 N–H and O–H groups in total. The molecular weight excluding hydrogens is 230 g/mol. The molecule has 0 fully saturated rings. The lowest BCUT2D eigenvalue weighted by molar-refractivity contribution is 0.588. The van der Waals surface area contributed by atoms with E-state index in [-0.39, 0.29) is 5.41 Å². The standard InChI is InChI=1S/C15H24ClN/c1-11-12(7-5-6-8-17)9-13(10-14(11)16)15(2,3)4/h9-10H,5-8,17H2,1-4H3. The Morgan fingerprint density at radius 1 is 1.18 bits per heavy atom. The Labute approximate surface area is 110 Å². The largest absolute Gasteiger partial charge is 0.330 e. The molecule has 1 aromatic rings. The molecule has 0 aliphatic carbocycles. The van der Waals surface area contributed by atoms with Gasteiger partial charge in [-0.3, -0.25) is 0 Å². The van der Waals surface area contributed by atoms with Crippen LogP contribution < -0.4 is 5.73 Å². The highest BCUT2D eigenvalue weighted by Gasteiger charge is 2.16. The number of halogens is 1. The normalized spacial score (nSPS) is 11.9. The molecule has 17 heavy (non-hydrogen) atoms. The van der Waals surface area contributed by atoms with Crippen molar-refractivity contribution < 1.29 is 0 Å². The third kappa shape index (κ3) is 4.01. The number of aryl methyl sites for hydroxylation is 1. The Morgan fingerprint density at radius 2 is 1.82 bits per heavy atom. The van der Waals surface area contributed by atoms with Gasteiger partial charge >= 0.3 is 0 Å². The Morgan fingerprint density at radius 3 is 2.35 bits per heavy atom. The van der Waals surface area contributed by atoms with Crippen LogP contribution in [0.5, 0.6) is 0 Å². The summed E-state index contributed by atoms with van der Waals surface area (Å²) in [6.45, 7) is 9.53. The molecule has 1 aromatic carbocycles. The lowest BCUT2D eigenvalue weighted by Gasteiger charge is -2.22. The molecule has 0 unspecified atom stereocenters. The average Bonchev–Trinajstić information content (AvgIpc) is 2.22. The molecule has 0 aliphatic heterocycles. The van der Waals surface area contributed by atoms with E-state index in [9.17, 15) is 0 Å². The average molecular weight is 254 g/mol. The first-order valence-corrected chi connectivity index (χ1v) is 6.73. The van der Waals surface area contributed by atoms with Crippen LogP contribution in [-0.4, -0.2) is 6.54 Å². The first-order valence-electron chi connectivity index (χ1n) is 6.36. The number of rotatable bonds is 4. The van der Waals surface area contributed by atoms with Crippen LogP contribution >= 0.6 is 11.6 Å². The summed E-state index contributed by atoms with van der Waals surface area (Å²) >= 11 is 6.31. The molecule has 1 rings (SSSR count). The summed E-state index contributed by atoms with van der Waals surface area (Å²) in [7, 11) is 0. The van der Waals surface area contributed by atoms with Crippen LogP contribution in [0.25, 0.3) is 0 Å². The molecule has 0 saturated carbocycles. The van der Waals surface area contributed by atoms with Gasteiger partial charge in [0.1, 0.15) is 0 Å². The summed E-state index contributed by atoms with van der Waals surface area (Å²) in [5.41, 5.74) is 9.59. The molecule has 0 aromatic heterocycles. The molecule has 0 spiro atoms. The van der Waals surface area contributed by atoms with E-state index in [0.717, 1.165) is 30.8 Å². The fraction of sp³-hybridized carbons (Fsp3) is 0.600. The van der Waals surface area contributed by atoms with E-state index in [4.69, 9.17) is 17.3 Å². The van der Waals surface area contributed by atoms with Gasteiger partial charge in [-0.15, -0.1) is 0 Å². The van der Waals surface area contributed by atoms with E-state index in [0.29, 0.717) is 0 Å². The van der Waals surface area contributed by atoms with Gasteiger partial charge in [0.25, 0.3) is 0 Å². The van der Waals surface area contributed by atoms with E-state index in [1.54, 1.807) is 0 Å². The van der Waals surface area contributed by atoms with E-state index >= 15 is 0 Å². The van der Waals surface area contributed by atoms with Crippen molar-refractivity contribution >= 4 is 11.6 Å². The zero-order valence-electron chi connectivity index (χ0n) is 11.4. The molecule has 0 heterocycles. The summed E-state index contributed by atoms with van der Waals surface area (Å²) in [5.74, 6) is 0. The molecular formula is C15H24ClN. The molecule has 96 valence electrons. The van der Waals surface area contributed by atoms with Crippen LogP contribution in [0.1, 0.15) is 50.3 Å². The van der Waals surface area contributed by atoms with Crippen molar-refractivity contribution in [2.45, 2.75) is 52.4 Å². The van der Waals surface area contributed by atoms with Crippen LogP contribution in [0.4, 0.5) is 0 Å². The minimum Gasteiger partial charge on any atom is -0.330 e. The predicted octanol–water partition coefficient (Wildman–Crippen LogP) is 4.23. The highest BCUT2D eigenvalue weighted by molar-refractivity contribution is 6.31. The second-order valence-electron chi connectivity index (χ2n) is 5.74. The van der Waals surface area contributed by atoms with Crippen LogP contribution in [-0.2, 0) is 11.8 Å². The van der Waals surface area contributed by atoms with Gasteiger partial charge in [-0.2, -0.15) is 0 Å². The number of hydrogen-bond donors (Lipinski definition) is 1. The van der Waals surface area contributed by atoms with E-state index in [2.05, 4.69) is 39.8 Å². The third-order valence-electron chi connectivity index (χ3n) is 3.22. The maximum atomic E-state index is 6.31. The summed E-state index contributed by atoms with van der Waals surface area (Å²) in [5, 5.41) is 0.889. The Kier molecular flexibility index (Phi) is 5.03. The fourth-order valence-electron chi connectivity index (χ4n) is 1.89. The SMILES string of the molecule is Cc1c(Cl)cc(C(C)(C)C)cc1CCCCN. The van der Waals surface area contributed by atoms with Crippen molar-refractivity contribution in [3.05, 3.63) is 33.8 Å². The van der Waals surface area contributed by atoms with Crippen molar-refractivity contribution in [3.63, 3.8) is 0 Å². The van der Waals surface area contributed by atoms with Crippen molar-refractivity contribution in [2.75, 3.05) is 6.54 Å². The topological polar surface area (TPSA) is 26.0 Å². The first kappa shape index (κ1) is 14.5. The zero-order valence-corrected chi connectivity index (χ0v) is 12.2. The maximum absolute atomic E-state index is 6.31. The molecule has 1 nitrogen and oxygen atoms in total. The van der Waals surface area contributed by atoms with Crippen molar-refractivity contribution in [3.8, 4) is 0 Å². The minimum atomic E-state index is 0.153. The highest BCUT2D eigenvalue weighted by Crippen LogP contribution is 2.30. The van der Waals surface area contributed by atoms with Gasteiger partial charge in [0, 0.05) is 5.02 Å². The Bertz CT molecular complexity index is 377. The zero-order chi connectivity index (χ0) is 13.1. The second-order valence-corrected chi connectivity index (χ2v) is 6.15. The molecule has 2 heteroatoms. The van der Waals surface area contributed by atoms with Crippen molar-refractivity contribution in [1.29, 1.82) is 0 Å². The smallest absolute Gasteiger partial charge is 0.0440 e. The van der Waals surface area contributed by atoms with Gasteiger partial charge in [0.2, 0.25) is 0 Å². The van der Waals surface area contributed by atoms with Gasteiger partial charge in [-0.25, -0.2) is 0 Å². The highest BCUT2D eigenvalue weighted by atomic mass is 35.5. The molecule has 0 aliphatic rings. The van der Waals surface area contributed by atoms with Crippen molar-refractivity contribution in [1.82, 2.24) is 0 Å². The lowest BCUT2D eigenvalue weighted by Crippen LogP contribution is -2.12.